The topological polar surface area (TPSA) is 146 Å². The van der Waals surface area contributed by atoms with Gasteiger partial charge in [0.2, 0.25) is 6.29 Å². The van der Waals surface area contributed by atoms with Gasteiger partial charge in [-0.1, -0.05) is 6.92 Å². The van der Waals surface area contributed by atoms with Crippen molar-refractivity contribution >= 4 is 5.97 Å². The molecule has 3 aliphatic rings. The summed E-state index contributed by atoms with van der Waals surface area (Å²) in [6.07, 6.45) is -5.10. The van der Waals surface area contributed by atoms with Crippen molar-refractivity contribution in [3.63, 3.8) is 0 Å². The lowest BCUT2D eigenvalue weighted by atomic mass is 9.83. The molecule has 0 amide bonds. The first-order chi connectivity index (χ1) is 11.8. The lowest BCUT2D eigenvalue weighted by Crippen LogP contribution is -2.60. The Morgan fingerprint density at radius 2 is 1.92 bits per heavy atom. The third-order valence-corrected chi connectivity index (χ3v) is 5.46. The van der Waals surface area contributed by atoms with Crippen LogP contribution in [0.2, 0.25) is 0 Å². The van der Waals surface area contributed by atoms with Crippen LogP contribution in [0.3, 0.4) is 0 Å². The van der Waals surface area contributed by atoms with E-state index in [1.165, 1.54) is 0 Å². The van der Waals surface area contributed by atoms with Gasteiger partial charge in [-0.3, -0.25) is 0 Å². The van der Waals surface area contributed by atoms with Gasteiger partial charge in [0.25, 0.3) is 0 Å². The van der Waals surface area contributed by atoms with Crippen LogP contribution in [-0.4, -0.2) is 75.1 Å². The van der Waals surface area contributed by atoms with Gasteiger partial charge in [0.1, 0.15) is 24.4 Å². The first kappa shape index (κ1) is 18.6. The van der Waals surface area contributed by atoms with Crippen LogP contribution < -0.4 is 0 Å². The molecular weight excluding hydrogens is 336 g/mol. The molecule has 0 bridgehead atoms. The van der Waals surface area contributed by atoms with Crippen molar-refractivity contribution in [2.24, 2.45) is 17.8 Å². The molecule has 0 aromatic rings. The standard InChI is InChI=1S/C16H24O9/c1-6-2-3-7-8(14(21)22)5-23-15(10(6)7)25-16-13(20)12(19)11(18)9(4-17)24-16/h5-7,9-13,15-20H,2-4H2,1H3,(H,21,22)/t6-,7-,9-,10-,11-,12+,13-,15-,16+/m1/s1. The number of aliphatic hydroxyl groups excluding tert-OH is 4. The van der Waals surface area contributed by atoms with Crippen molar-refractivity contribution in [3.8, 4) is 0 Å². The fraction of sp³-hybridized carbons (Fsp3) is 0.812. The second-order valence-corrected chi connectivity index (χ2v) is 6.95. The lowest BCUT2D eigenvalue weighted by Gasteiger charge is -2.43. The van der Waals surface area contributed by atoms with E-state index >= 15 is 0 Å². The Morgan fingerprint density at radius 1 is 1.20 bits per heavy atom. The van der Waals surface area contributed by atoms with Crippen molar-refractivity contribution in [2.75, 3.05) is 6.61 Å². The van der Waals surface area contributed by atoms with E-state index in [1.807, 2.05) is 6.92 Å². The maximum absolute atomic E-state index is 11.4. The second-order valence-electron chi connectivity index (χ2n) is 6.95. The third kappa shape index (κ3) is 3.27. The smallest absolute Gasteiger partial charge is 0.334 e. The van der Waals surface area contributed by atoms with E-state index in [1.54, 1.807) is 0 Å². The molecule has 1 saturated carbocycles. The molecule has 1 aliphatic carbocycles. The fourth-order valence-corrected chi connectivity index (χ4v) is 4.01. The SMILES string of the molecule is C[C@@H]1CC[C@@H]2C(C(=O)O)=CO[C@H](O[C@@H]3O[C@H](CO)[C@@H](O)[C@H](O)[C@H]3O)[C@H]12. The predicted octanol–water partition coefficient (Wildman–Crippen LogP) is -1.21. The first-order valence-electron chi connectivity index (χ1n) is 8.40. The Morgan fingerprint density at radius 3 is 2.56 bits per heavy atom. The fourth-order valence-electron chi connectivity index (χ4n) is 4.01. The maximum atomic E-state index is 11.4. The number of hydrogen-bond acceptors (Lipinski definition) is 8. The molecule has 1 saturated heterocycles. The Kier molecular flexibility index (Phi) is 5.33. The minimum absolute atomic E-state index is 0.142. The molecule has 2 heterocycles. The van der Waals surface area contributed by atoms with Crippen molar-refractivity contribution < 1.29 is 44.5 Å². The lowest BCUT2D eigenvalue weighted by molar-refractivity contribution is -0.342. The summed E-state index contributed by atoms with van der Waals surface area (Å²) >= 11 is 0. The van der Waals surface area contributed by atoms with Gasteiger partial charge >= 0.3 is 5.97 Å². The summed E-state index contributed by atoms with van der Waals surface area (Å²) in [6.45, 7) is 1.42. The van der Waals surface area contributed by atoms with Crippen LogP contribution >= 0.6 is 0 Å². The van der Waals surface area contributed by atoms with E-state index in [4.69, 9.17) is 14.2 Å². The molecule has 0 spiro atoms. The van der Waals surface area contributed by atoms with Gasteiger partial charge < -0.3 is 39.7 Å². The molecule has 5 N–H and O–H groups in total. The highest BCUT2D eigenvalue weighted by Crippen LogP contribution is 2.47. The number of ether oxygens (including phenoxy) is 3. The highest BCUT2D eigenvalue weighted by atomic mass is 16.8. The quantitative estimate of drug-likeness (QED) is 0.417. The summed E-state index contributed by atoms with van der Waals surface area (Å²) < 4.78 is 16.5. The van der Waals surface area contributed by atoms with Gasteiger partial charge in [-0.05, 0) is 18.8 Å². The molecule has 9 atom stereocenters. The summed E-state index contributed by atoms with van der Waals surface area (Å²) in [5.41, 5.74) is 0.197. The molecule has 9 heteroatoms. The number of aliphatic carboxylic acids is 1. The van der Waals surface area contributed by atoms with E-state index in [-0.39, 0.29) is 23.3 Å². The van der Waals surface area contributed by atoms with Crippen LogP contribution in [-0.2, 0) is 19.0 Å². The number of hydrogen-bond donors (Lipinski definition) is 5. The van der Waals surface area contributed by atoms with Gasteiger partial charge in [0.15, 0.2) is 6.29 Å². The molecule has 0 aromatic carbocycles. The number of rotatable bonds is 4. The van der Waals surface area contributed by atoms with Crippen LogP contribution in [0.4, 0.5) is 0 Å². The number of carboxylic acids is 1. The normalized spacial score (nSPS) is 46.9. The zero-order valence-electron chi connectivity index (χ0n) is 13.8. The molecule has 3 rings (SSSR count). The zero-order valence-corrected chi connectivity index (χ0v) is 13.8. The van der Waals surface area contributed by atoms with Crippen molar-refractivity contribution in [3.05, 3.63) is 11.8 Å². The molecule has 0 aromatic heterocycles. The minimum Gasteiger partial charge on any atom is -0.478 e. The monoisotopic (exact) mass is 360 g/mol. The third-order valence-electron chi connectivity index (χ3n) is 5.46. The van der Waals surface area contributed by atoms with Crippen LogP contribution in [0.15, 0.2) is 11.8 Å². The van der Waals surface area contributed by atoms with Gasteiger partial charge in [-0.25, -0.2) is 4.79 Å². The molecular formula is C16H24O9. The highest BCUT2D eigenvalue weighted by Gasteiger charge is 2.50. The molecule has 0 unspecified atom stereocenters. The molecule has 9 nitrogen and oxygen atoms in total. The Hall–Kier alpha value is -1.23. The minimum atomic E-state index is -1.54. The van der Waals surface area contributed by atoms with Gasteiger partial charge in [0, 0.05) is 11.8 Å². The highest BCUT2D eigenvalue weighted by molar-refractivity contribution is 5.87. The summed E-state index contributed by atoms with van der Waals surface area (Å²) in [5, 5.41) is 48.3. The van der Waals surface area contributed by atoms with Gasteiger partial charge in [-0.2, -0.15) is 0 Å². The van der Waals surface area contributed by atoms with Gasteiger partial charge in [0.05, 0.1) is 18.4 Å². The summed E-state index contributed by atoms with van der Waals surface area (Å²) in [7, 11) is 0. The van der Waals surface area contributed by atoms with E-state index < -0.39 is 49.6 Å². The van der Waals surface area contributed by atoms with Crippen LogP contribution in [0.1, 0.15) is 19.8 Å². The maximum Gasteiger partial charge on any atom is 0.334 e. The second kappa shape index (κ2) is 7.18. The Balaban J connectivity index is 1.77. The van der Waals surface area contributed by atoms with Crippen molar-refractivity contribution in [1.29, 1.82) is 0 Å². The van der Waals surface area contributed by atoms with E-state index in [2.05, 4.69) is 0 Å². The van der Waals surface area contributed by atoms with Crippen LogP contribution in [0.25, 0.3) is 0 Å². The van der Waals surface area contributed by atoms with E-state index in [9.17, 15) is 30.3 Å². The summed E-state index contributed by atoms with van der Waals surface area (Å²) in [4.78, 5) is 11.4. The van der Waals surface area contributed by atoms with Crippen LogP contribution in [0.5, 0.6) is 0 Å². The first-order valence-corrected chi connectivity index (χ1v) is 8.40. The molecule has 2 fully saturated rings. The van der Waals surface area contributed by atoms with Gasteiger partial charge in [-0.15, -0.1) is 0 Å². The Labute approximate surface area is 144 Å². The molecule has 0 radical (unpaired) electrons. The Bertz CT molecular complexity index is 534. The van der Waals surface area contributed by atoms with Crippen molar-refractivity contribution in [2.45, 2.75) is 56.8 Å². The zero-order chi connectivity index (χ0) is 18.3. The average Bonchev–Trinajstić information content (AvgIpc) is 2.97. The molecule has 25 heavy (non-hydrogen) atoms. The predicted molar refractivity (Wildman–Crippen MR) is 80.8 cm³/mol. The number of fused-ring (bicyclic) bond motifs is 1. The van der Waals surface area contributed by atoms with E-state index in [0.717, 1.165) is 12.7 Å². The van der Waals surface area contributed by atoms with E-state index in [0.29, 0.717) is 6.42 Å². The van der Waals surface area contributed by atoms with Crippen LogP contribution in [0, 0.1) is 17.8 Å². The summed E-state index contributed by atoms with van der Waals surface area (Å²) in [5.74, 6) is -1.35. The largest absolute Gasteiger partial charge is 0.478 e. The van der Waals surface area contributed by atoms with Crippen molar-refractivity contribution in [1.82, 2.24) is 0 Å². The number of aliphatic hydroxyl groups is 4. The molecule has 2 aliphatic heterocycles. The number of carboxylic acid groups (broad SMARTS) is 1. The average molecular weight is 360 g/mol. The summed E-state index contributed by atoms with van der Waals surface area (Å²) in [6, 6.07) is 0. The molecule has 142 valence electrons. The number of carbonyl (C=O) groups is 1.